The van der Waals surface area contributed by atoms with Crippen molar-refractivity contribution in [1.82, 2.24) is 5.32 Å². The highest BCUT2D eigenvalue weighted by Gasteiger charge is 2.11. The van der Waals surface area contributed by atoms with E-state index in [1.54, 1.807) is 0 Å². The first-order chi connectivity index (χ1) is 9.56. The number of amides is 2. The maximum atomic E-state index is 10.8. The maximum absolute atomic E-state index is 10.8. The number of carbonyl (C=O) groups is 1. The number of anilines is 1. The average molecular weight is 277 g/mol. The van der Waals surface area contributed by atoms with Gasteiger partial charge in [0.05, 0.1) is 0 Å². The fourth-order valence-corrected chi connectivity index (χ4v) is 2.30. The summed E-state index contributed by atoms with van der Waals surface area (Å²) >= 11 is 0. The molecule has 20 heavy (non-hydrogen) atoms. The summed E-state index contributed by atoms with van der Waals surface area (Å²) in [6.07, 6.45) is 4.87. The number of hydrogen-bond donors (Lipinski definition) is 3. The van der Waals surface area contributed by atoms with E-state index in [4.69, 9.17) is 5.73 Å². The molecule has 0 aromatic heterocycles. The second kappa shape index (κ2) is 8.59. The molecular formula is C16H27N3O. The Morgan fingerprint density at radius 3 is 2.40 bits per heavy atom. The van der Waals surface area contributed by atoms with E-state index < -0.39 is 6.03 Å². The normalized spacial score (nSPS) is 13.8. The predicted octanol–water partition coefficient (Wildman–Crippen LogP) is 3.80. The quantitative estimate of drug-likeness (QED) is 0.676. The molecule has 0 fully saturated rings. The zero-order chi connectivity index (χ0) is 15.0. The molecule has 0 saturated heterocycles. The molecule has 0 heterocycles. The van der Waals surface area contributed by atoms with E-state index >= 15 is 0 Å². The lowest BCUT2D eigenvalue weighted by Crippen LogP contribution is -2.31. The first kappa shape index (κ1) is 16.5. The van der Waals surface area contributed by atoms with Crippen molar-refractivity contribution in [2.75, 3.05) is 5.32 Å². The number of benzene rings is 1. The van der Waals surface area contributed by atoms with Crippen LogP contribution in [0.15, 0.2) is 24.3 Å². The van der Waals surface area contributed by atoms with E-state index in [0.29, 0.717) is 12.1 Å². The Morgan fingerprint density at radius 2 is 1.90 bits per heavy atom. The second-order valence-electron chi connectivity index (χ2n) is 5.25. The van der Waals surface area contributed by atoms with Crippen LogP contribution < -0.4 is 16.4 Å². The van der Waals surface area contributed by atoms with Crippen LogP contribution in [0.3, 0.4) is 0 Å². The van der Waals surface area contributed by atoms with E-state index in [9.17, 15) is 4.79 Å². The van der Waals surface area contributed by atoms with Gasteiger partial charge in [-0.25, -0.2) is 4.79 Å². The lowest BCUT2D eigenvalue weighted by atomic mass is 10.0. The van der Waals surface area contributed by atoms with Gasteiger partial charge >= 0.3 is 6.03 Å². The fraction of sp³-hybridized carbons (Fsp3) is 0.562. The first-order valence-corrected chi connectivity index (χ1v) is 7.49. The van der Waals surface area contributed by atoms with Crippen LogP contribution in [0.5, 0.6) is 0 Å². The molecule has 1 aromatic rings. The van der Waals surface area contributed by atoms with E-state index in [1.165, 1.54) is 24.8 Å². The Balaban J connectivity index is 2.57. The standard InChI is InChI=1S/C16H27N3O/c1-4-6-7-14(5-2)18-12(3)13-8-10-15(11-9-13)19-16(17)20/h8-12,14,18H,4-7H2,1-3H3,(H3,17,19,20). The zero-order valence-electron chi connectivity index (χ0n) is 12.8. The molecule has 112 valence electrons. The molecule has 4 heteroatoms. The first-order valence-electron chi connectivity index (χ1n) is 7.49. The van der Waals surface area contributed by atoms with Gasteiger partial charge < -0.3 is 16.4 Å². The molecule has 1 rings (SSSR count). The van der Waals surface area contributed by atoms with Gasteiger partial charge in [-0.15, -0.1) is 0 Å². The monoisotopic (exact) mass is 277 g/mol. The summed E-state index contributed by atoms with van der Waals surface area (Å²) < 4.78 is 0. The van der Waals surface area contributed by atoms with Crippen LogP contribution in [0.2, 0.25) is 0 Å². The van der Waals surface area contributed by atoms with Gasteiger partial charge in [-0.1, -0.05) is 38.8 Å². The molecule has 0 bridgehead atoms. The van der Waals surface area contributed by atoms with Crippen molar-refractivity contribution in [2.45, 2.75) is 58.5 Å². The number of nitrogens with two attached hydrogens (primary N) is 1. The Labute approximate surface area is 122 Å². The molecule has 2 amide bonds. The van der Waals surface area contributed by atoms with Crippen LogP contribution >= 0.6 is 0 Å². The van der Waals surface area contributed by atoms with Crippen LogP contribution in [-0.2, 0) is 0 Å². The van der Waals surface area contributed by atoms with Crippen molar-refractivity contribution in [3.05, 3.63) is 29.8 Å². The van der Waals surface area contributed by atoms with Gasteiger partial charge in [-0.3, -0.25) is 0 Å². The van der Waals surface area contributed by atoms with Gasteiger partial charge in [0, 0.05) is 17.8 Å². The van der Waals surface area contributed by atoms with Gasteiger partial charge in [0.2, 0.25) is 0 Å². The summed E-state index contributed by atoms with van der Waals surface area (Å²) in [6, 6.07) is 8.14. The highest BCUT2D eigenvalue weighted by atomic mass is 16.2. The minimum Gasteiger partial charge on any atom is -0.351 e. The molecule has 0 saturated carbocycles. The number of carbonyl (C=O) groups excluding carboxylic acids is 1. The SMILES string of the molecule is CCCCC(CC)NC(C)c1ccc(NC(N)=O)cc1. The van der Waals surface area contributed by atoms with Crippen LogP contribution in [0.4, 0.5) is 10.5 Å². The fourth-order valence-electron chi connectivity index (χ4n) is 2.30. The number of hydrogen-bond acceptors (Lipinski definition) is 2. The van der Waals surface area contributed by atoms with Gasteiger partial charge in [0.25, 0.3) is 0 Å². The molecule has 0 radical (unpaired) electrons. The lowest BCUT2D eigenvalue weighted by molar-refractivity contribution is 0.259. The number of urea groups is 1. The van der Waals surface area contributed by atoms with E-state index in [-0.39, 0.29) is 0 Å². The highest BCUT2D eigenvalue weighted by Crippen LogP contribution is 2.18. The molecule has 2 atom stereocenters. The van der Waals surface area contributed by atoms with Crippen molar-refractivity contribution in [1.29, 1.82) is 0 Å². The Bertz CT molecular complexity index is 403. The number of unbranched alkanes of at least 4 members (excludes halogenated alkanes) is 1. The largest absolute Gasteiger partial charge is 0.351 e. The minimum absolute atomic E-state index is 0.305. The number of primary amides is 1. The molecule has 0 aliphatic heterocycles. The molecule has 4 N–H and O–H groups in total. The summed E-state index contributed by atoms with van der Waals surface area (Å²) in [6.45, 7) is 6.62. The topological polar surface area (TPSA) is 67.2 Å². The van der Waals surface area contributed by atoms with Gasteiger partial charge in [0.15, 0.2) is 0 Å². The summed E-state index contributed by atoms with van der Waals surface area (Å²) in [4.78, 5) is 10.8. The smallest absolute Gasteiger partial charge is 0.316 e. The summed E-state index contributed by atoms with van der Waals surface area (Å²) in [5.41, 5.74) is 7.04. The lowest BCUT2D eigenvalue weighted by Gasteiger charge is -2.22. The molecule has 2 unspecified atom stereocenters. The van der Waals surface area contributed by atoms with Crippen LogP contribution in [0.25, 0.3) is 0 Å². The van der Waals surface area contributed by atoms with Gasteiger partial charge in [-0.05, 0) is 37.5 Å². The van der Waals surface area contributed by atoms with Crippen molar-refractivity contribution < 1.29 is 4.79 Å². The Kier molecular flexibility index (Phi) is 7.09. The van der Waals surface area contributed by atoms with Gasteiger partial charge in [-0.2, -0.15) is 0 Å². The third-order valence-electron chi connectivity index (χ3n) is 3.56. The number of rotatable bonds is 8. The Hall–Kier alpha value is -1.55. The van der Waals surface area contributed by atoms with Crippen molar-refractivity contribution in [3.8, 4) is 0 Å². The minimum atomic E-state index is -0.533. The molecule has 0 aliphatic carbocycles. The molecule has 4 nitrogen and oxygen atoms in total. The molecular weight excluding hydrogens is 250 g/mol. The summed E-state index contributed by atoms with van der Waals surface area (Å²) in [7, 11) is 0. The van der Waals surface area contributed by atoms with E-state index in [0.717, 1.165) is 12.1 Å². The second-order valence-corrected chi connectivity index (χ2v) is 5.25. The summed E-state index contributed by atoms with van der Waals surface area (Å²) in [5.74, 6) is 0. The van der Waals surface area contributed by atoms with Crippen LogP contribution in [0, 0.1) is 0 Å². The predicted molar refractivity (Wildman–Crippen MR) is 84.8 cm³/mol. The zero-order valence-corrected chi connectivity index (χ0v) is 12.8. The van der Waals surface area contributed by atoms with E-state index in [2.05, 4.69) is 31.4 Å². The maximum Gasteiger partial charge on any atom is 0.316 e. The molecule has 0 aliphatic rings. The Morgan fingerprint density at radius 1 is 1.25 bits per heavy atom. The van der Waals surface area contributed by atoms with Crippen LogP contribution in [-0.4, -0.2) is 12.1 Å². The average Bonchev–Trinajstić information content (AvgIpc) is 2.43. The molecule has 1 aromatic carbocycles. The van der Waals surface area contributed by atoms with E-state index in [1.807, 2.05) is 24.3 Å². The van der Waals surface area contributed by atoms with Gasteiger partial charge in [0.1, 0.15) is 0 Å². The van der Waals surface area contributed by atoms with Crippen molar-refractivity contribution in [3.63, 3.8) is 0 Å². The number of nitrogens with one attached hydrogen (secondary N) is 2. The summed E-state index contributed by atoms with van der Waals surface area (Å²) in [5, 5.41) is 6.24. The van der Waals surface area contributed by atoms with Crippen molar-refractivity contribution >= 4 is 11.7 Å². The third-order valence-corrected chi connectivity index (χ3v) is 3.56. The van der Waals surface area contributed by atoms with Crippen LogP contribution in [0.1, 0.15) is 58.1 Å². The molecule has 0 spiro atoms. The van der Waals surface area contributed by atoms with Crippen molar-refractivity contribution in [2.24, 2.45) is 5.73 Å². The third kappa shape index (κ3) is 5.61. The highest BCUT2D eigenvalue weighted by molar-refractivity contribution is 5.87.